The van der Waals surface area contributed by atoms with Crippen LogP contribution in [0.4, 0.5) is 0 Å². The lowest BCUT2D eigenvalue weighted by Gasteiger charge is -2.46. The molecule has 1 rings (SSSR count). The molecule has 0 amide bonds. The Balaban J connectivity index is 1.98. The largest absolute Gasteiger partial charge is 0.387 e. The molecule has 3 nitrogen and oxygen atoms in total. The van der Waals surface area contributed by atoms with E-state index in [1.54, 1.807) is 0 Å². The first kappa shape index (κ1) is 12.0. The van der Waals surface area contributed by atoms with Gasteiger partial charge in [-0.25, -0.2) is 0 Å². The van der Waals surface area contributed by atoms with Crippen LogP contribution in [0.1, 0.15) is 33.1 Å². The molecule has 0 spiro atoms. The van der Waals surface area contributed by atoms with Crippen LogP contribution in [0.5, 0.6) is 0 Å². The summed E-state index contributed by atoms with van der Waals surface area (Å²) in [6, 6.07) is 0. The fourth-order valence-electron chi connectivity index (χ4n) is 2.01. The molecule has 0 aromatic rings. The van der Waals surface area contributed by atoms with Gasteiger partial charge >= 0.3 is 0 Å². The van der Waals surface area contributed by atoms with Crippen LogP contribution in [-0.2, 0) is 4.74 Å². The van der Waals surface area contributed by atoms with E-state index >= 15 is 0 Å². The van der Waals surface area contributed by atoms with Crippen molar-refractivity contribution in [2.45, 2.75) is 38.7 Å². The Labute approximate surface area is 87.1 Å². The number of ether oxygens (including phenoxy) is 1. The molecule has 0 aromatic heterocycles. The van der Waals surface area contributed by atoms with Gasteiger partial charge in [-0.15, -0.1) is 0 Å². The van der Waals surface area contributed by atoms with E-state index in [4.69, 9.17) is 4.74 Å². The summed E-state index contributed by atoms with van der Waals surface area (Å²) in [5.41, 5.74) is -0.389. The SMILES string of the molecule is CCCOCCN1CC(O)(CCC)C1. The lowest BCUT2D eigenvalue weighted by Crippen LogP contribution is -2.62. The van der Waals surface area contributed by atoms with Gasteiger partial charge in [0.2, 0.25) is 0 Å². The van der Waals surface area contributed by atoms with Crippen LogP contribution in [0.25, 0.3) is 0 Å². The molecule has 0 aromatic carbocycles. The number of rotatable bonds is 7. The Bertz CT molecular complexity index is 155. The van der Waals surface area contributed by atoms with E-state index in [-0.39, 0.29) is 5.60 Å². The van der Waals surface area contributed by atoms with Crippen molar-refractivity contribution in [3.8, 4) is 0 Å². The van der Waals surface area contributed by atoms with Gasteiger partial charge in [0.05, 0.1) is 12.2 Å². The van der Waals surface area contributed by atoms with Gasteiger partial charge in [0.15, 0.2) is 0 Å². The second-order valence-corrected chi connectivity index (χ2v) is 4.30. The highest BCUT2D eigenvalue weighted by Gasteiger charge is 2.39. The summed E-state index contributed by atoms with van der Waals surface area (Å²) < 4.78 is 5.39. The summed E-state index contributed by atoms with van der Waals surface area (Å²) in [6.45, 7) is 8.51. The van der Waals surface area contributed by atoms with Gasteiger partial charge in [-0.1, -0.05) is 20.3 Å². The quantitative estimate of drug-likeness (QED) is 0.629. The van der Waals surface area contributed by atoms with Gasteiger partial charge in [0, 0.05) is 26.2 Å². The van der Waals surface area contributed by atoms with E-state index in [9.17, 15) is 5.11 Å². The Morgan fingerprint density at radius 1 is 1.21 bits per heavy atom. The molecular weight excluding hydrogens is 178 g/mol. The van der Waals surface area contributed by atoms with Crippen LogP contribution in [-0.4, -0.2) is 48.5 Å². The van der Waals surface area contributed by atoms with E-state index in [1.807, 2.05) is 0 Å². The molecule has 1 N–H and O–H groups in total. The average Bonchev–Trinajstić information content (AvgIpc) is 2.10. The third kappa shape index (κ3) is 3.56. The smallest absolute Gasteiger partial charge is 0.0900 e. The molecule has 14 heavy (non-hydrogen) atoms. The van der Waals surface area contributed by atoms with E-state index in [1.165, 1.54) is 0 Å². The molecule has 1 saturated heterocycles. The molecule has 3 heteroatoms. The molecule has 1 aliphatic heterocycles. The second-order valence-electron chi connectivity index (χ2n) is 4.30. The fraction of sp³-hybridized carbons (Fsp3) is 1.00. The summed E-state index contributed by atoms with van der Waals surface area (Å²) in [4.78, 5) is 2.26. The lowest BCUT2D eigenvalue weighted by atomic mass is 9.89. The van der Waals surface area contributed by atoms with Gasteiger partial charge in [0.1, 0.15) is 0 Å². The van der Waals surface area contributed by atoms with Crippen molar-refractivity contribution in [1.29, 1.82) is 0 Å². The zero-order valence-electron chi connectivity index (χ0n) is 9.46. The van der Waals surface area contributed by atoms with Crippen molar-refractivity contribution in [1.82, 2.24) is 4.90 Å². The van der Waals surface area contributed by atoms with Crippen molar-refractivity contribution >= 4 is 0 Å². The molecule has 1 heterocycles. The van der Waals surface area contributed by atoms with Crippen LogP contribution in [0.2, 0.25) is 0 Å². The molecule has 84 valence electrons. The lowest BCUT2D eigenvalue weighted by molar-refractivity contribution is -0.108. The van der Waals surface area contributed by atoms with Crippen LogP contribution >= 0.6 is 0 Å². The molecule has 0 radical (unpaired) electrons. The number of nitrogens with zero attached hydrogens (tertiary/aromatic N) is 1. The number of hydrogen-bond acceptors (Lipinski definition) is 3. The first-order chi connectivity index (χ1) is 6.70. The maximum Gasteiger partial charge on any atom is 0.0900 e. The predicted octanol–water partition coefficient (Wildman–Crippen LogP) is 1.26. The summed E-state index contributed by atoms with van der Waals surface area (Å²) >= 11 is 0. The molecule has 0 bridgehead atoms. The molecule has 0 unspecified atom stereocenters. The highest BCUT2D eigenvalue weighted by Crippen LogP contribution is 2.24. The van der Waals surface area contributed by atoms with Gasteiger partial charge in [-0.2, -0.15) is 0 Å². The average molecular weight is 201 g/mol. The monoisotopic (exact) mass is 201 g/mol. The van der Waals surface area contributed by atoms with Crippen LogP contribution in [0, 0.1) is 0 Å². The van der Waals surface area contributed by atoms with Crippen LogP contribution in [0.3, 0.4) is 0 Å². The van der Waals surface area contributed by atoms with Crippen molar-refractivity contribution in [3.05, 3.63) is 0 Å². The molecule has 1 fully saturated rings. The standard InChI is InChI=1S/C11H23NO2/c1-3-5-11(13)9-12(10-11)6-8-14-7-4-2/h13H,3-10H2,1-2H3. The van der Waals surface area contributed by atoms with Crippen molar-refractivity contribution < 1.29 is 9.84 Å². The van der Waals surface area contributed by atoms with Crippen molar-refractivity contribution in [2.24, 2.45) is 0 Å². The predicted molar refractivity (Wildman–Crippen MR) is 57.4 cm³/mol. The number of hydrogen-bond donors (Lipinski definition) is 1. The van der Waals surface area contributed by atoms with E-state index in [0.29, 0.717) is 0 Å². The minimum absolute atomic E-state index is 0.389. The van der Waals surface area contributed by atoms with Crippen molar-refractivity contribution in [2.75, 3.05) is 32.8 Å². The van der Waals surface area contributed by atoms with Gasteiger partial charge in [0.25, 0.3) is 0 Å². The fourth-order valence-corrected chi connectivity index (χ4v) is 2.01. The first-order valence-corrected chi connectivity index (χ1v) is 5.72. The Morgan fingerprint density at radius 2 is 1.93 bits per heavy atom. The second kappa shape index (κ2) is 5.69. The van der Waals surface area contributed by atoms with Crippen LogP contribution in [0.15, 0.2) is 0 Å². The van der Waals surface area contributed by atoms with Crippen LogP contribution < -0.4 is 0 Å². The Kier molecular flexibility index (Phi) is 4.85. The van der Waals surface area contributed by atoms with Gasteiger partial charge < -0.3 is 9.84 Å². The topological polar surface area (TPSA) is 32.7 Å². The molecule has 0 saturated carbocycles. The third-order valence-corrected chi connectivity index (χ3v) is 2.65. The van der Waals surface area contributed by atoms with Gasteiger partial charge in [-0.3, -0.25) is 4.90 Å². The third-order valence-electron chi connectivity index (χ3n) is 2.65. The Morgan fingerprint density at radius 3 is 2.50 bits per heavy atom. The first-order valence-electron chi connectivity index (χ1n) is 5.72. The maximum atomic E-state index is 9.90. The van der Waals surface area contributed by atoms with E-state index < -0.39 is 0 Å². The molecular formula is C11H23NO2. The minimum Gasteiger partial charge on any atom is -0.387 e. The highest BCUT2D eigenvalue weighted by atomic mass is 16.5. The molecule has 0 aliphatic carbocycles. The maximum absolute atomic E-state index is 9.90. The summed E-state index contributed by atoms with van der Waals surface area (Å²) in [5.74, 6) is 0. The van der Waals surface area contributed by atoms with E-state index in [2.05, 4.69) is 18.7 Å². The normalized spacial score (nSPS) is 20.8. The van der Waals surface area contributed by atoms with Crippen molar-refractivity contribution in [3.63, 3.8) is 0 Å². The van der Waals surface area contributed by atoms with Gasteiger partial charge in [-0.05, 0) is 12.8 Å². The summed E-state index contributed by atoms with van der Waals surface area (Å²) in [7, 11) is 0. The number of β-amino-alcohol motifs (C(OH)–C–C–N with tert-alkyl or cyclic N) is 1. The summed E-state index contributed by atoms with van der Waals surface area (Å²) in [5, 5.41) is 9.90. The minimum atomic E-state index is -0.389. The molecule has 0 atom stereocenters. The molecule has 1 aliphatic rings. The summed E-state index contributed by atoms with van der Waals surface area (Å²) in [6.07, 6.45) is 3.08. The zero-order valence-corrected chi connectivity index (χ0v) is 9.46. The Hall–Kier alpha value is -0.120. The number of aliphatic hydroxyl groups is 1. The van der Waals surface area contributed by atoms with E-state index in [0.717, 1.165) is 52.1 Å². The zero-order chi connectivity index (χ0) is 10.4. The highest BCUT2D eigenvalue weighted by molar-refractivity contribution is 4.94. The number of likely N-dealkylation sites (tertiary alicyclic amines) is 1.